The second-order valence-corrected chi connectivity index (χ2v) is 11.2. The van der Waals surface area contributed by atoms with Crippen molar-refractivity contribution in [2.75, 3.05) is 24.7 Å². The summed E-state index contributed by atoms with van der Waals surface area (Å²) in [7, 11) is -7.00. The van der Waals surface area contributed by atoms with Crippen LogP contribution >= 0.6 is 0 Å². The molecule has 0 aromatic heterocycles. The van der Waals surface area contributed by atoms with E-state index >= 15 is 0 Å². The molecule has 2 atom stereocenters. The minimum absolute atomic E-state index is 0.0408. The summed E-state index contributed by atoms with van der Waals surface area (Å²) in [6.45, 7) is 3.86. The average molecular weight is 425 g/mol. The van der Waals surface area contributed by atoms with Crippen molar-refractivity contribution >= 4 is 19.7 Å². The monoisotopic (exact) mass is 424 g/mol. The van der Waals surface area contributed by atoms with E-state index in [1.54, 1.807) is 48.5 Å². The Morgan fingerprint density at radius 1 is 0.679 bits per heavy atom. The van der Waals surface area contributed by atoms with E-state index in [4.69, 9.17) is 9.47 Å². The molecule has 0 radical (unpaired) electrons. The molecule has 1 aliphatic heterocycles. The van der Waals surface area contributed by atoms with E-state index in [1.807, 2.05) is 13.8 Å². The van der Waals surface area contributed by atoms with Gasteiger partial charge in [-0.05, 0) is 38.1 Å². The highest BCUT2D eigenvalue weighted by Gasteiger charge is 2.30. The molecule has 0 N–H and O–H groups in total. The molecule has 0 amide bonds. The minimum atomic E-state index is -3.50. The Bertz CT molecular complexity index is 916. The molecular formula is C20H24O6S2. The molecule has 1 heterocycles. The van der Waals surface area contributed by atoms with Crippen molar-refractivity contribution in [1.82, 2.24) is 0 Å². The van der Waals surface area contributed by atoms with E-state index in [9.17, 15) is 16.8 Å². The first kappa shape index (κ1) is 21.0. The largest absolute Gasteiger partial charge is 0.372 e. The van der Waals surface area contributed by atoms with Gasteiger partial charge < -0.3 is 9.47 Å². The summed E-state index contributed by atoms with van der Waals surface area (Å²) in [5.74, 6) is -0.402. The molecule has 0 spiro atoms. The zero-order valence-electron chi connectivity index (χ0n) is 15.9. The molecular weight excluding hydrogens is 400 g/mol. The first-order valence-electron chi connectivity index (χ1n) is 8.98. The van der Waals surface area contributed by atoms with E-state index < -0.39 is 31.9 Å². The quantitative estimate of drug-likeness (QED) is 0.707. The Hall–Kier alpha value is -1.74. The van der Waals surface area contributed by atoms with Gasteiger partial charge in [0.15, 0.2) is 19.7 Å². The Labute approximate surface area is 166 Å². The van der Waals surface area contributed by atoms with Crippen LogP contribution in [0.1, 0.15) is 11.1 Å². The third-order valence-corrected chi connectivity index (χ3v) is 8.21. The van der Waals surface area contributed by atoms with Crippen LogP contribution in [0.5, 0.6) is 0 Å². The zero-order chi connectivity index (χ0) is 20.4. The van der Waals surface area contributed by atoms with Crippen LogP contribution in [0.2, 0.25) is 0 Å². The Balaban J connectivity index is 1.57. The summed E-state index contributed by atoms with van der Waals surface area (Å²) in [6, 6.07) is 13.3. The topological polar surface area (TPSA) is 86.7 Å². The predicted molar refractivity (Wildman–Crippen MR) is 106 cm³/mol. The average Bonchev–Trinajstić information content (AvgIpc) is 2.64. The highest BCUT2D eigenvalue weighted by atomic mass is 32.2. The molecule has 1 aliphatic rings. The molecule has 2 aromatic carbocycles. The van der Waals surface area contributed by atoms with Crippen molar-refractivity contribution in [3.05, 3.63) is 59.7 Å². The van der Waals surface area contributed by atoms with Crippen molar-refractivity contribution in [1.29, 1.82) is 0 Å². The first-order valence-corrected chi connectivity index (χ1v) is 12.3. The molecule has 0 saturated carbocycles. The zero-order valence-corrected chi connectivity index (χ0v) is 17.5. The summed E-state index contributed by atoms with van der Waals surface area (Å²) >= 11 is 0. The molecule has 28 heavy (non-hydrogen) atoms. The van der Waals surface area contributed by atoms with E-state index in [1.165, 1.54) is 0 Å². The predicted octanol–water partition coefficient (Wildman–Crippen LogP) is 2.34. The van der Waals surface area contributed by atoms with Crippen LogP contribution in [-0.4, -0.2) is 53.8 Å². The molecule has 2 unspecified atom stereocenters. The summed E-state index contributed by atoms with van der Waals surface area (Å²) < 4.78 is 61.2. The molecule has 3 rings (SSSR count). The summed E-state index contributed by atoms with van der Waals surface area (Å²) in [6.07, 6.45) is -1.24. The second-order valence-electron chi connectivity index (χ2n) is 7.10. The fourth-order valence-corrected chi connectivity index (χ4v) is 5.80. The fraction of sp³-hybridized carbons (Fsp3) is 0.400. The van der Waals surface area contributed by atoms with Crippen molar-refractivity contribution in [2.45, 2.75) is 35.8 Å². The lowest BCUT2D eigenvalue weighted by atomic mass is 10.2. The van der Waals surface area contributed by atoms with Crippen LogP contribution in [0.3, 0.4) is 0 Å². The maximum absolute atomic E-state index is 12.5. The lowest BCUT2D eigenvalue weighted by molar-refractivity contribution is -0.116. The van der Waals surface area contributed by atoms with Crippen LogP contribution in [0, 0.1) is 13.8 Å². The van der Waals surface area contributed by atoms with Gasteiger partial charge in [-0.1, -0.05) is 35.4 Å². The molecule has 1 fully saturated rings. The molecule has 0 aliphatic carbocycles. The maximum Gasteiger partial charge on any atom is 0.181 e. The van der Waals surface area contributed by atoms with Gasteiger partial charge in [0.2, 0.25) is 0 Å². The summed E-state index contributed by atoms with van der Waals surface area (Å²) in [4.78, 5) is 0.483. The van der Waals surface area contributed by atoms with Gasteiger partial charge in [0.05, 0.1) is 46.7 Å². The van der Waals surface area contributed by atoms with Gasteiger partial charge in [-0.2, -0.15) is 0 Å². The minimum Gasteiger partial charge on any atom is -0.372 e. The van der Waals surface area contributed by atoms with E-state index in [0.717, 1.165) is 11.1 Å². The lowest BCUT2D eigenvalue weighted by Gasteiger charge is -2.29. The van der Waals surface area contributed by atoms with Crippen LogP contribution in [0.25, 0.3) is 0 Å². The van der Waals surface area contributed by atoms with Gasteiger partial charge in [-0.3, -0.25) is 0 Å². The fourth-order valence-electron chi connectivity index (χ4n) is 2.95. The summed E-state index contributed by atoms with van der Waals surface area (Å²) in [5, 5.41) is 0. The molecule has 152 valence electrons. The van der Waals surface area contributed by atoms with Crippen LogP contribution in [-0.2, 0) is 29.1 Å². The third-order valence-electron chi connectivity index (χ3n) is 4.61. The molecule has 0 bridgehead atoms. The number of ether oxygens (including phenoxy) is 2. The number of aryl methyl sites for hydroxylation is 2. The Morgan fingerprint density at radius 3 is 1.29 bits per heavy atom. The Kier molecular flexibility index (Phi) is 6.24. The van der Waals surface area contributed by atoms with Crippen LogP contribution in [0.4, 0.5) is 0 Å². The van der Waals surface area contributed by atoms with Gasteiger partial charge >= 0.3 is 0 Å². The van der Waals surface area contributed by atoms with Crippen molar-refractivity contribution in [2.24, 2.45) is 0 Å². The number of benzene rings is 2. The molecule has 6 nitrogen and oxygen atoms in total. The number of hydrogen-bond acceptors (Lipinski definition) is 6. The van der Waals surface area contributed by atoms with Gasteiger partial charge in [-0.25, -0.2) is 16.8 Å². The number of hydrogen-bond donors (Lipinski definition) is 0. The molecule has 2 aromatic rings. The first-order chi connectivity index (χ1) is 13.2. The number of rotatable bonds is 6. The molecule has 1 saturated heterocycles. The van der Waals surface area contributed by atoms with Gasteiger partial charge in [0, 0.05) is 0 Å². The SMILES string of the molecule is Cc1ccc(S(=O)(=O)CC2COC(CS(=O)(=O)c3ccc(C)cc3)CO2)cc1. The normalized spacial score (nSPS) is 20.8. The highest BCUT2D eigenvalue weighted by molar-refractivity contribution is 7.91. The molecule has 8 heteroatoms. The smallest absolute Gasteiger partial charge is 0.181 e. The van der Waals surface area contributed by atoms with Gasteiger partial charge in [-0.15, -0.1) is 0 Å². The van der Waals surface area contributed by atoms with Crippen molar-refractivity contribution < 1.29 is 26.3 Å². The van der Waals surface area contributed by atoms with Crippen LogP contribution < -0.4 is 0 Å². The second kappa shape index (κ2) is 8.32. The Morgan fingerprint density at radius 2 is 1.00 bits per heavy atom. The standard InChI is InChI=1S/C20H24O6S2/c1-15-3-7-19(8-4-15)27(21,22)13-17-11-26-18(12-25-17)14-28(23,24)20-9-5-16(2)6-10-20/h3-10,17-18H,11-14H2,1-2H3. The van der Waals surface area contributed by atoms with E-state index in [-0.39, 0.29) is 34.5 Å². The van der Waals surface area contributed by atoms with E-state index in [0.29, 0.717) is 0 Å². The summed E-state index contributed by atoms with van der Waals surface area (Å²) in [5.41, 5.74) is 1.96. The van der Waals surface area contributed by atoms with Gasteiger partial charge in [0.25, 0.3) is 0 Å². The third kappa shape index (κ3) is 5.20. The number of sulfone groups is 2. The van der Waals surface area contributed by atoms with E-state index in [2.05, 4.69) is 0 Å². The van der Waals surface area contributed by atoms with Crippen LogP contribution in [0.15, 0.2) is 58.3 Å². The highest BCUT2D eigenvalue weighted by Crippen LogP contribution is 2.19. The van der Waals surface area contributed by atoms with Crippen molar-refractivity contribution in [3.8, 4) is 0 Å². The van der Waals surface area contributed by atoms with Crippen molar-refractivity contribution in [3.63, 3.8) is 0 Å². The van der Waals surface area contributed by atoms with Gasteiger partial charge in [0.1, 0.15) is 0 Å². The lowest BCUT2D eigenvalue weighted by Crippen LogP contribution is -2.42. The maximum atomic E-state index is 12.5.